The third kappa shape index (κ3) is 6.46. The molecule has 0 fully saturated rings. The number of amides is 1. The molecule has 0 saturated carbocycles. The van der Waals surface area contributed by atoms with Crippen molar-refractivity contribution in [3.8, 4) is 0 Å². The van der Waals surface area contributed by atoms with Gasteiger partial charge < -0.3 is 5.32 Å². The van der Waals surface area contributed by atoms with E-state index in [4.69, 9.17) is 34.8 Å². The number of alkyl halides is 3. The fraction of sp³-hybridized carbons (Fsp3) is 0.130. The summed E-state index contributed by atoms with van der Waals surface area (Å²) in [6, 6.07) is 8.19. The van der Waals surface area contributed by atoms with Crippen LogP contribution in [-0.2, 0) is 6.54 Å². The number of nitrogens with one attached hydrogen (secondary N) is 1. The summed E-state index contributed by atoms with van der Waals surface area (Å²) in [4.78, 5) is 16.1. The van der Waals surface area contributed by atoms with Crippen LogP contribution in [0.4, 0.5) is 22.0 Å². The number of hydrogen-bond acceptors (Lipinski definition) is 2. The molecule has 1 N–H and O–H groups in total. The molecule has 178 valence electrons. The number of carbonyl (C=O) groups is 1. The average Bonchev–Trinajstić information content (AvgIpc) is 2.76. The number of benzene rings is 2. The van der Waals surface area contributed by atoms with Gasteiger partial charge in [-0.15, -0.1) is 0 Å². The van der Waals surface area contributed by atoms with Crippen molar-refractivity contribution in [1.29, 1.82) is 0 Å². The second kappa shape index (κ2) is 10.7. The van der Waals surface area contributed by atoms with Gasteiger partial charge in [0.25, 0.3) is 5.91 Å². The van der Waals surface area contributed by atoms with Crippen molar-refractivity contribution in [1.82, 2.24) is 10.3 Å². The maximum atomic E-state index is 14.5. The molecule has 34 heavy (non-hydrogen) atoms. The van der Waals surface area contributed by atoms with E-state index in [2.05, 4.69) is 10.3 Å². The van der Waals surface area contributed by atoms with E-state index in [0.29, 0.717) is 5.56 Å². The SMILES string of the molecule is O=C(NCc1ccc(Cl)nc1)c1ccc(/C=C/C(c2cc(Cl)c(F)c(Cl)c2)C(F)(F)F)cc1F. The lowest BCUT2D eigenvalue weighted by molar-refractivity contribution is -0.139. The van der Waals surface area contributed by atoms with Crippen LogP contribution in [-0.4, -0.2) is 17.1 Å². The molecule has 3 aromatic rings. The first-order chi connectivity index (χ1) is 16.0. The number of rotatable bonds is 6. The number of nitrogens with zero attached hydrogens (tertiary/aromatic N) is 1. The van der Waals surface area contributed by atoms with Crippen molar-refractivity contribution in [3.05, 3.63) is 104 Å². The molecule has 1 heterocycles. The summed E-state index contributed by atoms with van der Waals surface area (Å²) in [6.07, 6.45) is -1.50. The van der Waals surface area contributed by atoms with Crippen LogP contribution in [0.5, 0.6) is 0 Å². The summed E-state index contributed by atoms with van der Waals surface area (Å²) in [5.74, 6) is -4.85. The molecule has 1 atom stereocenters. The van der Waals surface area contributed by atoms with Gasteiger partial charge in [0.15, 0.2) is 5.82 Å². The molecule has 0 aliphatic rings. The van der Waals surface area contributed by atoms with Gasteiger partial charge in [-0.25, -0.2) is 13.8 Å². The molecule has 0 bridgehead atoms. The zero-order valence-corrected chi connectivity index (χ0v) is 19.2. The number of allylic oxidation sites excluding steroid dienone is 1. The van der Waals surface area contributed by atoms with Crippen LogP contribution in [0.15, 0.2) is 54.7 Å². The van der Waals surface area contributed by atoms with Crippen LogP contribution < -0.4 is 5.32 Å². The molecule has 1 amide bonds. The minimum absolute atomic E-state index is 0.0696. The summed E-state index contributed by atoms with van der Waals surface area (Å²) in [5.41, 5.74) is 0.0401. The highest BCUT2D eigenvalue weighted by atomic mass is 35.5. The van der Waals surface area contributed by atoms with Crippen LogP contribution in [0.2, 0.25) is 15.2 Å². The van der Waals surface area contributed by atoms with Crippen LogP contribution in [0.1, 0.15) is 33.0 Å². The van der Waals surface area contributed by atoms with E-state index in [9.17, 15) is 26.7 Å². The quantitative estimate of drug-likeness (QED) is 0.201. The van der Waals surface area contributed by atoms with Gasteiger partial charge in [0.05, 0.1) is 21.5 Å². The number of hydrogen-bond donors (Lipinski definition) is 1. The molecule has 0 aliphatic carbocycles. The Kier molecular flexibility index (Phi) is 8.17. The van der Waals surface area contributed by atoms with Crippen molar-refractivity contribution in [3.63, 3.8) is 0 Å². The van der Waals surface area contributed by atoms with Crippen molar-refractivity contribution in [2.24, 2.45) is 0 Å². The predicted octanol–water partition coefficient (Wildman–Crippen LogP) is 7.61. The highest BCUT2D eigenvalue weighted by Gasteiger charge is 2.39. The number of pyridine rings is 1. The predicted molar refractivity (Wildman–Crippen MR) is 121 cm³/mol. The Morgan fingerprint density at radius 1 is 1.03 bits per heavy atom. The Morgan fingerprint density at radius 2 is 1.71 bits per heavy atom. The van der Waals surface area contributed by atoms with Gasteiger partial charge in [0, 0.05) is 12.7 Å². The zero-order chi connectivity index (χ0) is 25.0. The molecule has 0 saturated heterocycles. The summed E-state index contributed by atoms with van der Waals surface area (Å²) in [7, 11) is 0. The first-order valence-electron chi connectivity index (χ1n) is 9.53. The van der Waals surface area contributed by atoms with Crippen LogP contribution >= 0.6 is 34.8 Å². The third-order valence-corrected chi connectivity index (χ3v) is 5.45. The molecule has 0 radical (unpaired) electrons. The van der Waals surface area contributed by atoms with Crippen molar-refractivity contribution < 1.29 is 26.7 Å². The molecule has 2 aromatic carbocycles. The van der Waals surface area contributed by atoms with E-state index in [1.165, 1.54) is 18.3 Å². The Morgan fingerprint density at radius 3 is 2.26 bits per heavy atom. The largest absolute Gasteiger partial charge is 0.399 e. The van der Waals surface area contributed by atoms with Gasteiger partial charge in [-0.2, -0.15) is 13.2 Å². The molecule has 3 rings (SSSR count). The first kappa shape index (κ1) is 25.9. The van der Waals surface area contributed by atoms with Crippen LogP contribution in [0, 0.1) is 11.6 Å². The highest BCUT2D eigenvalue weighted by Crippen LogP contribution is 2.39. The second-order valence-corrected chi connectivity index (χ2v) is 8.29. The number of halogens is 8. The van der Waals surface area contributed by atoms with E-state index >= 15 is 0 Å². The standard InChI is InChI=1S/C23H14Cl3F5N2O/c24-17-8-14(9-18(25)21(17)28)16(23(29,30)31)5-2-12-1-4-15(19(27)7-12)22(34)33-11-13-3-6-20(26)32-10-13/h1-10,16H,11H2,(H,33,34)/b5-2+. The maximum Gasteiger partial charge on any atom is 0.399 e. The smallest absolute Gasteiger partial charge is 0.348 e. The number of carbonyl (C=O) groups excluding carboxylic acids is 1. The maximum absolute atomic E-state index is 14.5. The Hall–Kier alpha value is -2.68. The van der Waals surface area contributed by atoms with Gasteiger partial charge in [-0.3, -0.25) is 4.79 Å². The normalized spacial score (nSPS) is 12.7. The van der Waals surface area contributed by atoms with Crippen molar-refractivity contribution in [2.75, 3.05) is 0 Å². The average molecular weight is 536 g/mol. The fourth-order valence-electron chi connectivity index (χ4n) is 2.98. The Bertz CT molecular complexity index is 1210. The molecule has 3 nitrogen and oxygen atoms in total. The molecule has 1 aromatic heterocycles. The van der Waals surface area contributed by atoms with Gasteiger partial charge >= 0.3 is 6.18 Å². The summed E-state index contributed by atoms with van der Waals surface area (Å²) >= 11 is 16.9. The molecule has 1 unspecified atom stereocenters. The molecule has 11 heteroatoms. The lowest BCUT2D eigenvalue weighted by Crippen LogP contribution is -2.23. The summed E-state index contributed by atoms with van der Waals surface area (Å²) in [5, 5.41) is 1.69. The van der Waals surface area contributed by atoms with E-state index in [0.717, 1.165) is 36.4 Å². The van der Waals surface area contributed by atoms with Crippen molar-refractivity contribution in [2.45, 2.75) is 18.6 Å². The summed E-state index contributed by atoms with van der Waals surface area (Å²) in [6.45, 7) is 0.0696. The van der Waals surface area contributed by atoms with Crippen LogP contribution in [0.3, 0.4) is 0 Å². The second-order valence-electron chi connectivity index (χ2n) is 7.09. The van der Waals surface area contributed by atoms with Crippen LogP contribution in [0.25, 0.3) is 6.08 Å². The van der Waals surface area contributed by atoms with E-state index in [1.54, 1.807) is 6.07 Å². The van der Waals surface area contributed by atoms with Crippen molar-refractivity contribution >= 4 is 46.8 Å². The highest BCUT2D eigenvalue weighted by molar-refractivity contribution is 6.35. The van der Waals surface area contributed by atoms with Gasteiger partial charge in [-0.05, 0) is 47.0 Å². The van der Waals surface area contributed by atoms with Gasteiger partial charge in [0.2, 0.25) is 0 Å². The summed E-state index contributed by atoms with van der Waals surface area (Å²) < 4.78 is 68.9. The lowest BCUT2D eigenvalue weighted by Gasteiger charge is -2.18. The molecule has 0 aliphatic heterocycles. The topological polar surface area (TPSA) is 42.0 Å². The van der Waals surface area contributed by atoms with Gasteiger partial charge in [-0.1, -0.05) is 59.1 Å². The minimum atomic E-state index is -4.75. The zero-order valence-electron chi connectivity index (χ0n) is 16.9. The lowest BCUT2D eigenvalue weighted by atomic mass is 9.96. The molecular formula is C23H14Cl3F5N2O. The Labute approximate surface area is 206 Å². The van der Waals surface area contributed by atoms with E-state index in [1.807, 2.05) is 0 Å². The number of aromatic nitrogens is 1. The minimum Gasteiger partial charge on any atom is -0.348 e. The first-order valence-corrected chi connectivity index (χ1v) is 10.7. The fourth-order valence-corrected chi connectivity index (χ4v) is 3.59. The Balaban J connectivity index is 1.77. The monoisotopic (exact) mass is 534 g/mol. The third-order valence-electron chi connectivity index (χ3n) is 4.68. The molecule has 0 spiro atoms. The van der Waals surface area contributed by atoms with Gasteiger partial charge in [0.1, 0.15) is 11.0 Å². The van der Waals surface area contributed by atoms with E-state index < -0.39 is 39.7 Å². The molecular weight excluding hydrogens is 522 g/mol. The van der Waals surface area contributed by atoms with E-state index in [-0.39, 0.29) is 28.4 Å².